The van der Waals surface area contributed by atoms with Crippen molar-refractivity contribution in [2.75, 3.05) is 25.5 Å². The van der Waals surface area contributed by atoms with E-state index in [2.05, 4.69) is 5.32 Å². The minimum Gasteiger partial charge on any atom is -0.465 e. The van der Waals surface area contributed by atoms with Gasteiger partial charge in [0.05, 0.1) is 23.7 Å². The van der Waals surface area contributed by atoms with Crippen LogP contribution in [0.5, 0.6) is 0 Å². The lowest BCUT2D eigenvalue weighted by Crippen LogP contribution is -2.44. The number of nitrogens with zero attached hydrogens (tertiary/aromatic N) is 3. The molecular formula is C26H29FN4O4. The van der Waals surface area contributed by atoms with Gasteiger partial charge in [-0.1, -0.05) is 0 Å². The van der Waals surface area contributed by atoms with Crippen LogP contribution in [0.15, 0.2) is 42.5 Å². The summed E-state index contributed by atoms with van der Waals surface area (Å²) in [5.74, 6) is -0.267. The number of rotatable bonds is 4. The highest BCUT2D eigenvalue weighted by molar-refractivity contribution is 5.94. The summed E-state index contributed by atoms with van der Waals surface area (Å²) in [4.78, 5) is 35.6. The molecule has 3 aromatic rings. The molecule has 4 rings (SSSR count). The summed E-state index contributed by atoms with van der Waals surface area (Å²) in [6.45, 7) is 6.64. The molecule has 1 aliphatic rings. The Morgan fingerprint density at radius 3 is 2.34 bits per heavy atom. The van der Waals surface area contributed by atoms with E-state index in [9.17, 15) is 14.0 Å². The fraction of sp³-hybridized carbons (Fsp3) is 0.385. The highest BCUT2D eigenvalue weighted by Crippen LogP contribution is 2.29. The molecule has 0 atom stereocenters. The topological polar surface area (TPSA) is 93.7 Å². The molecule has 8 nitrogen and oxygen atoms in total. The number of carbonyl (C=O) groups excluding carboxylic acids is 2. The van der Waals surface area contributed by atoms with Crippen molar-refractivity contribution >= 4 is 28.9 Å². The van der Waals surface area contributed by atoms with E-state index in [1.54, 1.807) is 35.2 Å². The first-order valence-electron chi connectivity index (χ1n) is 11.5. The first-order valence-corrected chi connectivity index (χ1v) is 11.5. The second-order valence-corrected chi connectivity index (χ2v) is 9.51. The maximum absolute atomic E-state index is 13.5. The van der Waals surface area contributed by atoms with E-state index in [4.69, 9.17) is 19.4 Å². The summed E-state index contributed by atoms with van der Waals surface area (Å²) >= 11 is 0. The summed E-state index contributed by atoms with van der Waals surface area (Å²) < 4.78 is 23.9. The van der Waals surface area contributed by atoms with Gasteiger partial charge >= 0.3 is 12.1 Å². The van der Waals surface area contributed by atoms with Gasteiger partial charge in [-0.2, -0.15) is 0 Å². The summed E-state index contributed by atoms with van der Waals surface area (Å²) in [5, 5.41) is 3.46. The molecule has 1 fully saturated rings. The van der Waals surface area contributed by atoms with Crippen molar-refractivity contribution in [1.29, 1.82) is 0 Å². The van der Waals surface area contributed by atoms with Gasteiger partial charge in [0.2, 0.25) is 0 Å². The molecule has 1 amide bonds. The predicted octanol–water partition coefficient (Wildman–Crippen LogP) is 5.03. The standard InChI is InChI=1S/C26H29FN4O4/c1-26(2,3)35-25(33)31-13-11-19(12-14-31)28-23-22(16-5-8-18(27)9-6-16)29-20-10-7-17(24(32)34-4)15-21(20)30-23/h5-10,15,19H,11-14H2,1-4H3,(H,28,30). The lowest BCUT2D eigenvalue weighted by atomic mass is 10.0. The molecule has 1 N–H and O–H groups in total. The fourth-order valence-corrected chi connectivity index (χ4v) is 3.94. The zero-order valence-electron chi connectivity index (χ0n) is 20.3. The number of benzene rings is 2. The Morgan fingerprint density at radius 1 is 1.03 bits per heavy atom. The largest absolute Gasteiger partial charge is 0.465 e. The molecule has 0 aliphatic carbocycles. The number of halogens is 1. The van der Waals surface area contributed by atoms with Crippen LogP contribution in [0.4, 0.5) is 15.0 Å². The second-order valence-electron chi connectivity index (χ2n) is 9.51. The Labute approximate surface area is 203 Å². The molecular weight excluding hydrogens is 451 g/mol. The lowest BCUT2D eigenvalue weighted by Gasteiger charge is -2.34. The number of esters is 1. The molecule has 35 heavy (non-hydrogen) atoms. The Hall–Kier alpha value is -3.75. The van der Waals surface area contributed by atoms with E-state index in [1.807, 2.05) is 20.8 Å². The third kappa shape index (κ3) is 5.85. The van der Waals surface area contributed by atoms with E-state index < -0.39 is 11.6 Å². The molecule has 1 aliphatic heterocycles. The van der Waals surface area contributed by atoms with E-state index in [0.717, 1.165) is 0 Å². The summed E-state index contributed by atoms with van der Waals surface area (Å²) in [6, 6.07) is 11.1. The van der Waals surface area contributed by atoms with E-state index >= 15 is 0 Å². The van der Waals surface area contributed by atoms with Crippen molar-refractivity contribution in [2.24, 2.45) is 0 Å². The fourth-order valence-electron chi connectivity index (χ4n) is 3.94. The number of hydrogen-bond acceptors (Lipinski definition) is 7. The van der Waals surface area contributed by atoms with Gasteiger partial charge in [0.1, 0.15) is 17.1 Å². The van der Waals surface area contributed by atoms with Gasteiger partial charge in [0.15, 0.2) is 5.82 Å². The summed E-state index contributed by atoms with van der Waals surface area (Å²) in [6.07, 6.45) is 1.08. The zero-order chi connectivity index (χ0) is 25.2. The maximum atomic E-state index is 13.5. The number of fused-ring (bicyclic) bond motifs is 1. The smallest absolute Gasteiger partial charge is 0.410 e. The average Bonchev–Trinajstić information content (AvgIpc) is 2.82. The van der Waals surface area contributed by atoms with Gasteiger partial charge < -0.3 is 19.7 Å². The van der Waals surface area contributed by atoms with Crippen molar-refractivity contribution in [2.45, 2.75) is 45.3 Å². The van der Waals surface area contributed by atoms with Crippen LogP contribution in [0.3, 0.4) is 0 Å². The van der Waals surface area contributed by atoms with Crippen LogP contribution < -0.4 is 5.32 Å². The average molecular weight is 481 g/mol. The van der Waals surface area contributed by atoms with Crippen molar-refractivity contribution in [1.82, 2.24) is 14.9 Å². The van der Waals surface area contributed by atoms with Gasteiger partial charge in [0.25, 0.3) is 0 Å². The number of methoxy groups -OCH3 is 1. The molecule has 1 aromatic heterocycles. The number of nitrogens with one attached hydrogen (secondary N) is 1. The maximum Gasteiger partial charge on any atom is 0.410 e. The van der Waals surface area contributed by atoms with Crippen molar-refractivity contribution in [3.8, 4) is 11.3 Å². The van der Waals surface area contributed by atoms with Crippen LogP contribution in [0.2, 0.25) is 0 Å². The van der Waals surface area contributed by atoms with Crippen LogP contribution in [-0.2, 0) is 9.47 Å². The molecule has 0 radical (unpaired) electrons. The number of amides is 1. The summed E-state index contributed by atoms with van der Waals surface area (Å²) in [7, 11) is 1.33. The number of carbonyl (C=O) groups is 2. The number of aromatic nitrogens is 2. The first-order chi connectivity index (χ1) is 16.6. The Bertz CT molecular complexity index is 1230. The Morgan fingerprint density at radius 2 is 1.71 bits per heavy atom. The van der Waals surface area contributed by atoms with Crippen LogP contribution in [-0.4, -0.2) is 58.8 Å². The van der Waals surface area contributed by atoms with Gasteiger partial charge in [-0.3, -0.25) is 0 Å². The molecule has 184 valence electrons. The molecule has 0 spiro atoms. The number of piperidine rings is 1. The van der Waals surface area contributed by atoms with Crippen LogP contribution in [0.25, 0.3) is 22.3 Å². The van der Waals surface area contributed by atoms with Gasteiger partial charge in [-0.25, -0.2) is 23.9 Å². The van der Waals surface area contributed by atoms with Crippen LogP contribution in [0.1, 0.15) is 44.0 Å². The molecule has 2 heterocycles. The van der Waals surface area contributed by atoms with Crippen molar-refractivity contribution in [3.05, 3.63) is 53.8 Å². The highest BCUT2D eigenvalue weighted by Gasteiger charge is 2.27. The molecule has 9 heteroatoms. The van der Waals surface area contributed by atoms with E-state index in [-0.39, 0.29) is 18.0 Å². The van der Waals surface area contributed by atoms with E-state index in [1.165, 1.54) is 19.2 Å². The van der Waals surface area contributed by atoms with Crippen molar-refractivity contribution in [3.63, 3.8) is 0 Å². The number of anilines is 1. The zero-order valence-corrected chi connectivity index (χ0v) is 20.3. The monoisotopic (exact) mass is 480 g/mol. The first kappa shape index (κ1) is 24.4. The minimum absolute atomic E-state index is 0.0448. The predicted molar refractivity (Wildman–Crippen MR) is 131 cm³/mol. The molecule has 0 bridgehead atoms. The quantitative estimate of drug-likeness (QED) is 0.523. The molecule has 1 saturated heterocycles. The van der Waals surface area contributed by atoms with Gasteiger partial charge in [-0.05, 0) is 76.1 Å². The molecule has 2 aromatic carbocycles. The normalized spacial score (nSPS) is 14.6. The van der Waals surface area contributed by atoms with Gasteiger partial charge in [-0.15, -0.1) is 0 Å². The van der Waals surface area contributed by atoms with Gasteiger partial charge in [0, 0.05) is 24.7 Å². The SMILES string of the molecule is COC(=O)c1ccc2nc(-c3ccc(F)cc3)c(NC3CCN(C(=O)OC(C)(C)C)CC3)nc2c1. The minimum atomic E-state index is -0.542. The second kappa shape index (κ2) is 9.85. The highest BCUT2D eigenvalue weighted by atomic mass is 19.1. The van der Waals surface area contributed by atoms with E-state index in [0.29, 0.717) is 59.6 Å². The molecule has 0 saturated carbocycles. The Balaban J connectivity index is 1.61. The van der Waals surface area contributed by atoms with Crippen LogP contribution >= 0.6 is 0 Å². The number of hydrogen-bond donors (Lipinski definition) is 1. The third-order valence-corrected chi connectivity index (χ3v) is 5.69. The summed E-state index contributed by atoms with van der Waals surface area (Å²) in [5.41, 5.74) is 2.26. The molecule has 0 unspecified atom stereocenters. The number of likely N-dealkylation sites (tertiary alicyclic amines) is 1. The Kier molecular flexibility index (Phi) is 6.86. The van der Waals surface area contributed by atoms with Crippen LogP contribution in [0, 0.1) is 5.82 Å². The lowest BCUT2D eigenvalue weighted by molar-refractivity contribution is 0.0210. The number of ether oxygens (including phenoxy) is 2. The third-order valence-electron chi connectivity index (χ3n) is 5.69. The van der Waals surface area contributed by atoms with Crippen molar-refractivity contribution < 1.29 is 23.5 Å².